The summed E-state index contributed by atoms with van der Waals surface area (Å²) in [6.45, 7) is 3.45. The van der Waals surface area contributed by atoms with Gasteiger partial charge in [0.25, 0.3) is 0 Å². The highest BCUT2D eigenvalue weighted by molar-refractivity contribution is 5.89. The Morgan fingerprint density at radius 2 is 1.95 bits per heavy atom. The number of hydrogen-bond acceptors (Lipinski definition) is 5. The third-order valence-electron chi connectivity index (χ3n) is 3.23. The van der Waals surface area contributed by atoms with E-state index in [-0.39, 0.29) is 12.5 Å². The summed E-state index contributed by atoms with van der Waals surface area (Å²) in [6.07, 6.45) is 0.433. The molecule has 0 spiro atoms. The van der Waals surface area contributed by atoms with Gasteiger partial charge in [-0.1, -0.05) is 6.92 Å². The molecule has 1 aromatic rings. The van der Waals surface area contributed by atoms with Gasteiger partial charge in [0.1, 0.15) is 5.54 Å². The molecule has 0 aliphatic rings. The van der Waals surface area contributed by atoms with Gasteiger partial charge in [-0.3, -0.25) is 4.79 Å². The number of methoxy groups -OCH3 is 1. The van der Waals surface area contributed by atoms with Gasteiger partial charge in [-0.25, -0.2) is 4.79 Å². The summed E-state index contributed by atoms with van der Waals surface area (Å²) < 4.78 is 4.69. The second-order valence-electron chi connectivity index (χ2n) is 4.77. The van der Waals surface area contributed by atoms with Crippen LogP contribution >= 0.6 is 0 Å². The highest BCUT2D eigenvalue weighted by Crippen LogP contribution is 2.12. The molecule has 1 unspecified atom stereocenters. The van der Waals surface area contributed by atoms with Crippen molar-refractivity contribution in [1.82, 2.24) is 5.32 Å². The van der Waals surface area contributed by atoms with E-state index in [0.717, 1.165) is 5.69 Å². The van der Waals surface area contributed by atoms with Crippen molar-refractivity contribution in [3.63, 3.8) is 0 Å². The molecule has 1 rings (SSSR count). The Kier molecular flexibility index (Phi) is 5.73. The van der Waals surface area contributed by atoms with Crippen LogP contribution in [0.1, 0.15) is 25.8 Å². The fourth-order valence-corrected chi connectivity index (χ4v) is 1.71. The van der Waals surface area contributed by atoms with E-state index >= 15 is 0 Å². The second kappa shape index (κ2) is 7.29. The van der Waals surface area contributed by atoms with Crippen LogP contribution in [-0.4, -0.2) is 31.1 Å². The van der Waals surface area contributed by atoms with E-state index in [1.165, 1.54) is 7.11 Å². The Labute approximate surface area is 124 Å². The number of amides is 1. The van der Waals surface area contributed by atoms with Gasteiger partial charge in [0.15, 0.2) is 0 Å². The Balaban J connectivity index is 2.57. The molecule has 6 heteroatoms. The largest absolute Gasteiger partial charge is 0.467 e. The molecule has 1 atom stereocenters. The summed E-state index contributed by atoms with van der Waals surface area (Å²) in [5, 5.41) is 14.3. The molecule has 6 nitrogen and oxygen atoms in total. The van der Waals surface area contributed by atoms with Crippen LogP contribution in [0.3, 0.4) is 0 Å². The van der Waals surface area contributed by atoms with E-state index in [4.69, 9.17) is 10.00 Å². The third-order valence-corrected chi connectivity index (χ3v) is 3.23. The quantitative estimate of drug-likeness (QED) is 0.773. The zero-order valence-electron chi connectivity index (χ0n) is 12.4. The molecule has 21 heavy (non-hydrogen) atoms. The highest BCUT2D eigenvalue weighted by Gasteiger charge is 2.33. The molecule has 0 aliphatic carbocycles. The van der Waals surface area contributed by atoms with Crippen LogP contribution in [0.2, 0.25) is 0 Å². The lowest BCUT2D eigenvalue weighted by Crippen LogP contribution is -2.53. The van der Waals surface area contributed by atoms with Crippen molar-refractivity contribution in [2.24, 2.45) is 0 Å². The molecule has 2 N–H and O–H groups in total. The van der Waals surface area contributed by atoms with Gasteiger partial charge in [-0.2, -0.15) is 5.26 Å². The third kappa shape index (κ3) is 4.49. The van der Waals surface area contributed by atoms with Crippen LogP contribution in [0.15, 0.2) is 24.3 Å². The first-order valence-corrected chi connectivity index (χ1v) is 6.58. The SMILES string of the molecule is CCC(C)(NC(=O)CNc1ccc(C#N)cc1)C(=O)OC. The van der Waals surface area contributed by atoms with E-state index in [0.29, 0.717) is 12.0 Å². The normalized spacial score (nSPS) is 12.7. The average molecular weight is 289 g/mol. The van der Waals surface area contributed by atoms with Crippen molar-refractivity contribution in [3.05, 3.63) is 29.8 Å². The summed E-state index contributed by atoms with van der Waals surface area (Å²) in [7, 11) is 1.29. The number of carbonyl (C=O) groups excluding carboxylic acids is 2. The molecular formula is C15H19N3O3. The van der Waals surface area contributed by atoms with Gasteiger partial charge in [0.05, 0.1) is 25.3 Å². The van der Waals surface area contributed by atoms with Gasteiger partial charge >= 0.3 is 5.97 Å². The number of anilines is 1. The molecule has 0 fully saturated rings. The molecule has 0 radical (unpaired) electrons. The summed E-state index contributed by atoms with van der Waals surface area (Å²) in [5.41, 5.74) is 0.243. The average Bonchev–Trinajstić information content (AvgIpc) is 2.52. The summed E-state index contributed by atoms with van der Waals surface area (Å²) in [5.74, 6) is -0.786. The summed E-state index contributed by atoms with van der Waals surface area (Å²) in [6, 6.07) is 8.76. The molecule has 0 bridgehead atoms. The zero-order chi connectivity index (χ0) is 15.9. The number of nitrogens with one attached hydrogen (secondary N) is 2. The van der Waals surface area contributed by atoms with Crippen LogP contribution < -0.4 is 10.6 Å². The number of carbonyl (C=O) groups is 2. The van der Waals surface area contributed by atoms with Crippen molar-refractivity contribution < 1.29 is 14.3 Å². The van der Waals surface area contributed by atoms with Crippen molar-refractivity contribution in [1.29, 1.82) is 5.26 Å². The summed E-state index contributed by atoms with van der Waals surface area (Å²) >= 11 is 0. The standard InChI is InChI=1S/C15H19N3O3/c1-4-15(2,14(20)21-3)18-13(19)10-17-12-7-5-11(9-16)6-8-12/h5-8,17H,4,10H2,1-3H3,(H,18,19). The first-order valence-electron chi connectivity index (χ1n) is 6.58. The lowest BCUT2D eigenvalue weighted by Gasteiger charge is -2.26. The molecule has 0 saturated heterocycles. The molecule has 1 amide bonds. The van der Waals surface area contributed by atoms with E-state index in [2.05, 4.69) is 10.6 Å². The van der Waals surface area contributed by atoms with Gasteiger partial charge < -0.3 is 15.4 Å². The Bertz CT molecular complexity index is 548. The first kappa shape index (κ1) is 16.5. The van der Waals surface area contributed by atoms with Crippen LogP contribution in [0.25, 0.3) is 0 Å². The van der Waals surface area contributed by atoms with Crippen molar-refractivity contribution in [3.8, 4) is 6.07 Å². The molecule has 0 saturated carbocycles. The predicted molar refractivity (Wildman–Crippen MR) is 78.5 cm³/mol. The number of nitriles is 1. The Morgan fingerprint density at radius 1 is 1.33 bits per heavy atom. The van der Waals surface area contributed by atoms with Crippen LogP contribution in [-0.2, 0) is 14.3 Å². The maximum Gasteiger partial charge on any atom is 0.331 e. The van der Waals surface area contributed by atoms with Crippen LogP contribution in [0.4, 0.5) is 5.69 Å². The Hall–Kier alpha value is -2.55. The van der Waals surface area contributed by atoms with Gasteiger partial charge in [0.2, 0.25) is 5.91 Å². The topological polar surface area (TPSA) is 91.2 Å². The fourth-order valence-electron chi connectivity index (χ4n) is 1.71. The molecule has 0 heterocycles. The van der Waals surface area contributed by atoms with Crippen molar-refractivity contribution in [2.75, 3.05) is 19.0 Å². The van der Waals surface area contributed by atoms with Gasteiger partial charge in [-0.15, -0.1) is 0 Å². The minimum absolute atomic E-state index is 0.0263. The number of hydrogen-bond donors (Lipinski definition) is 2. The van der Waals surface area contributed by atoms with E-state index < -0.39 is 11.5 Å². The number of nitrogens with zero attached hydrogens (tertiary/aromatic N) is 1. The highest BCUT2D eigenvalue weighted by atomic mass is 16.5. The lowest BCUT2D eigenvalue weighted by molar-refractivity contribution is -0.150. The van der Waals surface area contributed by atoms with Gasteiger partial charge in [-0.05, 0) is 37.6 Å². The lowest BCUT2D eigenvalue weighted by atomic mass is 9.99. The molecular weight excluding hydrogens is 270 g/mol. The predicted octanol–water partition coefficient (Wildman–Crippen LogP) is 1.43. The van der Waals surface area contributed by atoms with E-state index in [1.807, 2.05) is 6.07 Å². The van der Waals surface area contributed by atoms with E-state index in [9.17, 15) is 9.59 Å². The van der Waals surface area contributed by atoms with Crippen molar-refractivity contribution >= 4 is 17.6 Å². The first-order chi connectivity index (χ1) is 9.95. The molecule has 0 aromatic heterocycles. The van der Waals surface area contributed by atoms with Crippen LogP contribution in [0, 0.1) is 11.3 Å². The number of rotatable bonds is 6. The van der Waals surface area contributed by atoms with Crippen LogP contribution in [0.5, 0.6) is 0 Å². The fraction of sp³-hybridized carbons (Fsp3) is 0.400. The minimum atomic E-state index is -1.03. The number of ether oxygens (including phenoxy) is 1. The minimum Gasteiger partial charge on any atom is -0.467 e. The zero-order valence-corrected chi connectivity index (χ0v) is 12.4. The molecule has 0 aliphatic heterocycles. The smallest absolute Gasteiger partial charge is 0.331 e. The maximum absolute atomic E-state index is 11.9. The second-order valence-corrected chi connectivity index (χ2v) is 4.77. The Morgan fingerprint density at radius 3 is 2.43 bits per heavy atom. The molecule has 1 aromatic carbocycles. The molecule has 112 valence electrons. The maximum atomic E-state index is 11.9. The number of benzene rings is 1. The van der Waals surface area contributed by atoms with Gasteiger partial charge in [0, 0.05) is 5.69 Å². The van der Waals surface area contributed by atoms with Crippen molar-refractivity contribution in [2.45, 2.75) is 25.8 Å². The summed E-state index contributed by atoms with van der Waals surface area (Å²) in [4.78, 5) is 23.6. The monoisotopic (exact) mass is 289 g/mol. The van der Waals surface area contributed by atoms with E-state index in [1.54, 1.807) is 38.1 Å². The number of esters is 1.